The fraction of sp³-hybridized carbons (Fsp3) is 0.455. The van der Waals surface area contributed by atoms with Crippen molar-refractivity contribution in [3.8, 4) is 0 Å². The summed E-state index contributed by atoms with van der Waals surface area (Å²) in [5.41, 5.74) is 8.17. The van der Waals surface area contributed by atoms with Gasteiger partial charge in [-0.05, 0) is 20.8 Å². The Bertz CT molecular complexity index is 472. The van der Waals surface area contributed by atoms with Crippen molar-refractivity contribution < 1.29 is 0 Å². The lowest BCUT2D eigenvalue weighted by Gasteiger charge is -2.06. The van der Waals surface area contributed by atoms with Crippen LogP contribution in [0.15, 0.2) is 17.8 Å². The lowest BCUT2D eigenvalue weighted by molar-refractivity contribution is 0.532. The zero-order chi connectivity index (χ0) is 11.7. The number of nitrogens with two attached hydrogens (primary N) is 1. The number of aromatic nitrogens is 3. The first-order chi connectivity index (χ1) is 7.58. The molecule has 2 heterocycles. The molecular weight excluding hydrogens is 220 g/mol. The third-order valence-corrected chi connectivity index (χ3v) is 3.46. The number of rotatable bonds is 3. The average molecular weight is 236 g/mol. The summed E-state index contributed by atoms with van der Waals surface area (Å²) in [7, 11) is 0. The first-order valence-corrected chi connectivity index (χ1v) is 6.17. The fourth-order valence-corrected chi connectivity index (χ4v) is 2.28. The largest absolute Gasteiger partial charge is 0.318 e. The molecule has 16 heavy (non-hydrogen) atoms. The molecule has 0 radical (unpaired) electrons. The molecule has 0 amide bonds. The minimum atomic E-state index is -0.161. The molecule has 1 atom stereocenters. The molecule has 0 bridgehead atoms. The summed E-state index contributed by atoms with van der Waals surface area (Å²) in [5.74, 6) is 0. The maximum atomic E-state index is 6.14. The quantitative estimate of drug-likeness (QED) is 0.889. The molecule has 1 unspecified atom stereocenters. The Morgan fingerprint density at radius 3 is 2.69 bits per heavy atom. The molecule has 2 N–H and O–H groups in total. The van der Waals surface area contributed by atoms with Crippen molar-refractivity contribution in [2.75, 3.05) is 0 Å². The number of thiazole rings is 1. The zero-order valence-corrected chi connectivity index (χ0v) is 10.5. The van der Waals surface area contributed by atoms with Crippen molar-refractivity contribution in [2.24, 2.45) is 5.73 Å². The highest BCUT2D eigenvalue weighted by molar-refractivity contribution is 7.09. The highest BCUT2D eigenvalue weighted by Crippen LogP contribution is 2.22. The van der Waals surface area contributed by atoms with Gasteiger partial charge in [0, 0.05) is 28.9 Å². The molecule has 4 nitrogen and oxygen atoms in total. The smallest absolute Gasteiger partial charge is 0.114 e. The molecule has 0 aromatic carbocycles. The van der Waals surface area contributed by atoms with E-state index in [0.717, 1.165) is 16.3 Å². The van der Waals surface area contributed by atoms with Crippen LogP contribution < -0.4 is 5.73 Å². The summed E-state index contributed by atoms with van der Waals surface area (Å²) in [6, 6.07) is 0.199. The molecule has 0 aliphatic heterocycles. The van der Waals surface area contributed by atoms with Gasteiger partial charge in [-0.2, -0.15) is 5.10 Å². The second kappa shape index (κ2) is 4.35. The summed E-state index contributed by atoms with van der Waals surface area (Å²) in [6.07, 6.45) is 3.81. The van der Waals surface area contributed by atoms with Crippen molar-refractivity contribution in [3.63, 3.8) is 0 Å². The second-order valence-corrected chi connectivity index (χ2v) is 5.04. The molecule has 0 saturated heterocycles. The molecule has 2 aromatic heterocycles. The molecule has 2 rings (SSSR count). The second-order valence-electron chi connectivity index (χ2n) is 4.15. The number of aryl methyl sites for hydroxylation is 1. The SMILES string of the molecule is Cc1csc(C(N)c2cnn(C(C)C)c2)n1. The van der Waals surface area contributed by atoms with E-state index >= 15 is 0 Å². The van der Waals surface area contributed by atoms with Crippen LogP contribution in [-0.4, -0.2) is 14.8 Å². The molecule has 0 saturated carbocycles. The van der Waals surface area contributed by atoms with Gasteiger partial charge in [-0.1, -0.05) is 0 Å². The van der Waals surface area contributed by atoms with E-state index in [9.17, 15) is 0 Å². The van der Waals surface area contributed by atoms with Crippen LogP contribution in [0.25, 0.3) is 0 Å². The molecule has 0 fully saturated rings. The summed E-state index contributed by atoms with van der Waals surface area (Å²) in [4.78, 5) is 4.40. The molecule has 5 heteroatoms. The fourth-order valence-electron chi connectivity index (χ4n) is 1.45. The third-order valence-electron chi connectivity index (χ3n) is 2.41. The van der Waals surface area contributed by atoms with Crippen LogP contribution in [0, 0.1) is 6.92 Å². The Hall–Kier alpha value is -1.20. The van der Waals surface area contributed by atoms with Crippen LogP contribution in [0.3, 0.4) is 0 Å². The van der Waals surface area contributed by atoms with Crippen LogP contribution in [0.2, 0.25) is 0 Å². The predicted octanol–water partition coefficient (Wildman–Crippen LogP) is 2.28. The van der Waals surface area contributed by atoms with Crippen molar-refractivity contribution in [1.29, 1.82) is 0 Å². The van der Waals surface area contributed by atoms with Crippen LogP contribution in [0.5, 0.6) is 0 Å². The third kappa shape index (κ3) is 2.15. The Balaban J connectivity index is 2.23. The number of hydrogen-bond donors (Lipinski definition) is 1. The van der Waals surface area contributed by atoms with Gasteiger partial charge < -0.3 is 5.73 Å². The van der Waals surface area contributed by atoms with Gasteiger partial charge in [0.25, 0.3) is 0 Å². The van der Waals surface area contributed by atoms with E-state index in [2.05, 4.69) is 23.9 Å². The highest BCUT2D eigenvalue weighted by Gasteiger charge is 2.14. The Kier molecular flexibility index (Phi) is 3.07. The maximum absolute atomic E-state index is 6.14. The standard InChI is InChI=1S/C11H16N4S/c1-7(2)15-5-9(4-13-15)10(12)11-14-8(3)6-16-11/h4-7,10H,12H2,1-3H3. The van der Waals surface area contributed by atoms with Gasteiger partial charge in [0.2, 0.25) is 0 Å². The van der Waals surface area contributed by atoms with E-state index in [1.807, 2.05) is 29.4 Å². The van der Waals surface area contributed by atoms with E-state index in [1.54, 1.807) is 11.3 Å². The summed E-state index contributed by atoms with van der Waals surface area (Å²) in [6.45, 7) is 6.16. The molecule has 0 aliphatic carbocycles. The summed E-state index contributed by atoms with van der Waals surface area (Å²) in [5, 5.41) is 7.24. The van der Waals surface area contributed by atoms with E-state index in [1.165, 1.54) is 0 Å². The van der Waals surface area contributed by atoms with E-state index in [0.29, 0.717) is 6.04 Å². The van der Waals surface area contributed by atoms with Gasteiger partial charge >= 0.3 is 0 Å². The lowest BCUT2D eigenvalue weighted by atomic mass is 10.2. The first-order valence-electron chi connectivity index (χ1n) is 5.29. The van der Waals surface area contributed by atoms with Gasteiger partial charge in [0.05, 0.1) is 12.2 Å². The van der Waals surface area contributed by atoms with E-state index in [-0.39, 0.29) is 6.04 Å². The molecule has 2 aromatic rings. The summed E-state index contributed by atoms with van der Waals surface area (Å²) < 4.78 is 1.91. The molecule has 0 spiro atoms. The van der Waals surface area contributed by atoms with Crippen molar-refractivity contribution >= 4 is 11.3 Å². The van der Waals surface area contributed by atoms with E-state index in [4.69, 9.17) is 5.73 Å². The van der Waals surface area contributed by atoms with Crippen molar-refractivity contribution in [3.05, 3.63) is 34.0 Å². The van der Waals surface area contributed by atoms with Gasteiger partial charge in [0.1, 0.15) is 5.01 Å². The van der Waals surface area contributed by atoms with Crippen LogP contribution in [-0.2, 0) is 0 Å². The molecule has 0 aliphatic rings. The average Bonchev–Trinajstić information content (AvgIpc) is 2.84. The Morgan fingerprint density at radius 2 is 2.19 bits per heavy atom. The van der Waals surface area contributed by atoms with Crippen LogP contribution in [0.1, 0.15) is 42.2 Å². The first kappa shape index (κ1) is 11.3. The Morgan fingerprint density at radius 1 is 1.44 bits per heavy atom. The lowest BCUT2D eigenvalue weighted by Crippen LogP contribution is -2.11. The normalized spacial score (nSPS) is 13.3. The van der Waals surface area contributed by atoms with Gasteiger partial charge in [-0.25, -0.2) is 4.98 Å². The predicted molar refractivity (Wildman–Crippen MR) is 65.5 cm³/mol. The highest BCUT2D eigenvalue weighted by atomic mass is 32.1. The van der Waals surface area contributed by atoms with Gasteiger partial charge in [0.15, 0.2) is 0 Å². The van der Waals surface area contributed by atoms with Gasteiger partial charge in [-0.3, -0.25) is 4.68 Å². The maximum Gasteiger partial charge on any atom is 0.114 e. The number of nitrogens with zero attached hydrogens (tertiary/aromatic N) is 3. The van der Waals surface area contributed by atoms with Crippen LogP contribution in [0.4, 0.5) is 0 Å². The van der Waals surface area contributed by atoms with Gasteiger partial charge in [-0.15, -0.1) is 11.3 Å². The molecule has 86 valence electrons. The van der Waals surface area contributed by atoms with Crippen molar-refractivity contribution in [2.45, 2.75) is 32.9 Å². The minimum absolute atomic E-state index is 0.161. The summed E-state index contributed by atoms with van der Waals surface area (Å²) >= 11 is 1.60. The Labute approximate surface area is 99.1 Å². The number of hydrogen-bond acceptors (Lipinski definition) is 4. The van der Waals surface area contributed by atoms with Crippen LogP contribution >= 0.6 is 11.3 Å². The van der Waals surface area contributed by atoms with E-state index < -0.39 is 0 Å². The minimum Gasteiger partial charge on any atom is -0.318 e. The zero-order valence-electron chi connectivity index (χ0n) is 9.71. The monoisotopic (exact) mass is 236 g/mol. The van der Waals surface area contributed by atoms with Crippen molar-refractivity contribution in [1.82, 2.24) is 14.8 Å². The molecular formula is C11H16N4S. The topological polar surface area (TPSA) is 56.7 Å².